The fraction of sp³-hybridized carbons (Fsp3) is 0.429. The predicted octanol–water partition coefficient (Wildman–Crippen LogP) is 1.10. The third-order valence-corrected chi connectivity index (χ3v) is 2.98. The molecule has 2 rings (SSSR count). The number of hydrogen-bond donors (Lipinski definition) is 3. The van der Waals surface area contributed by atoms with Crippen LogP contribution in [-0.4, -0.2) is 29.5 Å². The first-order valence-corrected chi connectivity index (χ1v) is 6.43. The monoisotopic (exact) mass is 262 g/mol. The Morgan fingerprint density at radius 1 is 1.37 bits per heavy atom. The molecule has 1 aromatic rings. The maximum Gasteiger partial charge on any atom is 0.255 e. The molecule has 3 N–H and O–H groups in total. The van der Waals surface area contributed by atoms with Crippen LogP contribution in [0.1, 0.15) is 35.2 Å². The molecule has 0 aliphatic heterocycles. The van der Waals surface area contributed by atoms with E-state index in [9.17, 15) is 14.7 Å². The van der Waals surface area contributed by atoms with Gasteiger partial charge in [-0.1, -0.05) is 6.07 Å². The van der Waals surface area contributed by atoms with Crippen molar-refractivity contribution in [2.45, 2.75) is 32.2 Å². The first-order chi connectivity index (χ1) is 9.06. The van der Waals surface area contributed by atoms with Gasteiger partial charge < -0.3 is 15.7 Å². The third kappa shape index (κ3) is 3.98. The maximum atomic E-state index is 11.8. The van der Waals surface area contributed by atoms with Gasteiger partial charge >= 0.3 is 0 Å². The Kier molecular flexibility index (Phi) is 4.04. The molecule has 5 nitrogen and oxygen atoms in total. The van der Waals surface area contributed by atoms with E-state index in [-0.39, 0.29) is 36.1 Å². The van der Waals surface area contributed by atoms with Gasteiger partial charge in [-0.3, -0.25) is 9.59 Å². The molecule has 1 aromatic carbocycles. The van der Waals surface area contributed by atoms with Gasteiger partial charge in [-0.15, -0.1) is 0 Å². The molecule has 102 valence electrons. The van der Waals surface area contributed by atoms with Crippen molar-refractivity contribution in [3.8, 4) is 5.75 Å². The molecular weight excluding hydrogens is 244 g/mol. The molecule has 0 bridgehead atoms. The molecule has 0 aromatic heterocycles. The largest absolute Gasteiger partial charge is 0.507 e. The van der Waals surface area contributed by atoms with Crippen molar-refractivity contribution in [1.82, 2.24) is 10.6 Å². The number of carbonyl (C=O) groups excluding carboxylic acids is 2. The number of carbonyl (C=O) groups is 2. The lowest BCUT2D eigenvalue weighted by molar-refractivity contribution is -0.121. The van der Waals surface area contributed by atoms with E-state index in [1.807, 2.05) is 6.92 Å². The van der Waals surface area contributed by atoms with Crippen LogP contribution < -0.4 is 10.6 Å². The quantitative estimate of drug-likeness (QED) is 0.743. The van der Waals surface area contributed by atoms with Gasteiger partial charge in [-0.25, -0.2) is 0 Å². The average molecular weight is 262 g/mol. The number of hydrogen-bond acceptors (Lipinski definition) is 3. The third-order valence-electron chi connectivity index (χ3n) is 2.98. The van der Waals surface area contributed by atoms with Crippen LogP contribution in [0.25, 0.3) is 0 Å². The standard InChI is InChI=1S/C14H18N2O3/c1-9-2-5-11(12(17)8-9)14(19)15-7-6-13(18)16-10-3-4-10/h2,5,8,10,17H,3-4,6-7H2,1H3,(H,15,19)(H,16,18). The summed E-state index contributed by atoms with van der Waals surface area (Å²) in [4.78, 5) is 23.2. The Morgan fingerprint density at radius 3 is 2.74 bits per heavy atom. The summed E-state index contributed by atoms with van der Waals surface area (Å²) in [5, 5.41) is 15.1. The number of rotatable bonds is 5. The van der Waals surface area contributed by atoms with E-state index >= 15 is 0 Å². The van der Waals surface area contributed by atoms with E-state index in [2.05, 4.69) is 10.6 Å². The SMILES string of the molecule is Cc1ccc(C(=O)NCCC(=O)NC2CC2)c(O)c1. The Bertz CT molecular complexity index is 495. The molecule has 0 atom stereocenters. The smallest absolute Gasteiger partial charge is 0.255 e. The first-order valence-electron chi connectivity index (χ1n) is 6.43. The summed E-state index contributed by atoms with van der Waals surface area (Å²) in [5.41, 5.74) is 1.12. The lowest BCUT2D eigenvalue weighted by atomic mass is 10.1. The summed E-state index contributed by atoms with van der Waals surface area (Å²) in [7, 11) is 0. The van der Waals surface area contributed by atoms with Crippen molar-refractivity contribution >= 4 is 11.8 Å². The molecule has 1 saturated carbocycles. The lowest BCUT2D eigenvalue weighted by Crippen LogP contribution is -2.31. The van der Waals surface area contributed by atoms with Gasteiger partial charge in [0.05, 0.1) is 5.56 Å². The van der Waals surface area contributed by atoms with Crippen LogP contribution in [0.4, 0.5) is 0 Å². The van der Waals surface area contributed by atoms with Crippen molar-refractivity contribution in [1.29, 1.82) is 0 Å². The Balaban J connectivity index is 1.78. The number of phenols is 1. The van der Waals surface area contributed by atoms with Crippen molar-refractivity contribution < 1.29 is 14.7 Å². The van der Waals surface area contributed by atoms with Crippen LogP contribution in [0.15, 0.2) is 18.2 Å². The van der Waals surface area contributed by atoms with Crippen LogP contribution >= 0.6 is 0 Å². The topological polar surface area (TPSA) is 78.4 Å². The molecule has 1 fully saturated rings. The van der Waals surface area contributed by atoms with Gasteiger partial charge in [-0.2, -0.15) is 0 Å². The van der Waals surface area contributed by atoms with Crippen LogP contribution in [0.2, 0.25) is 0 Å². The second-order valence-electron chi connectivity index (χ2n) is 4.87. The number of benzene rings is 1. The summed E-state index contributed by atoms with van der Waals surface area (Å²) >= 11 is 0. The molecule has 0 heterocycles. The number of phenolic OH excluding ortho intramolecular Hbond substituents is 1. The molecule has 19 heavy (non-hydrogen) atoms. The highest BCUT2D eigenvalue weighted by molar-refractivity contribution is 5.97. The minimum Gasteiger partial charge on any atom is -0.507 e. The average Bonchev–Trinajstić information content (AvgIpc) is 3.12. The summed E-state index contributed by atoms with van der Waals surface area (Å²) in [6.45, 7) is 2.11. The van der Waals surface area contributed by atoms with Crippen LogP contribution in [-0.2, 0) is 4.79 Å². The number of aromatic hydroxyl groups is 1. The van der Waals surface area contributed by atoms with E-state index < -0.39 is 0 Å². The zero-order valence-corrected chi connectivity index (χ0v) is 10.9. The van der Waals surface area contributed by atoms with Crippen molar-refractivity contribution in [2.24, 2.45) is 0 Å². The van der Waals surface area contributed by atoms with Gasteiger partial charge in [-0.05, 0) is 37.5 Å². The predicted molar refractivity (Wildman–Crippen MR) is 71.0 cm³/mol. The van der Waals surface area contributed by atoms with Crippen LogP contribution in [0.5, 0.6) is 5.75 Å². The molecule has 1 aliphatic rings. The zero-order valence-electron chi connectivity index (χ0n) is 10.9. The molecule has 1 aliphatic carbocycles. The highest BCUT2D eigenvalue weighted by Crippen LogP contribution is 2.19. The van der Waals surface area contributed by atoms with Crippen molar-refractivity contribution in [3.05, 3.63) is 29.3 Å². The highest BCUT2D eigenvalue weighted by atomic mass is 16.3. The first kappa shape index (κ1) is 13.4. The molecule has 2 amide bonds. The van der Waals surface area contributed by atoms with Gasteiger partial charge in [0.1, 0.15) is 5.75 Å². The Labute approximate surface area is 112 Å². The molecule has 0 spiro atoms. The van der Waals surface area contributed by atoms with Crippen LogP contribution in [0.3, 0.4) is 0 Å². The number of amides is 2. The zero-order chi connectivity index (χ0) is 13.8. The summed E-state index contributed by atoms with van der Waals surface area (Å²) < 4.78 is 0. The highest BCUT2D eigenvalue weighted by Gasteiger charge is 2.22. The minimum atomic E-state index is -0.364. The van der Waals surface area contributed by atoms with E-state index in [0.717, 1.165) is 18.4 Å². The van der Waals surface area contributed by atoms with E-state index in [4.69, 9.17) is 0 Å². The molecule has 0 unspecified atom stereocenters. The number of nitrogens with one attached hydrogen (secondary N) is 2. The van der Waals surface area contributed by atoms with E-state index in [1.165, 1.54) is 6.07 Å². The van der Waals surface area contributed by atoms with Crippen molar-refractivity contribution in [2.75, 3.05) is 6.54 Å². The van der Waals surface area contributed by atoms with Gasteiger partial charge in [0.15, 0.2) is 0 Å². The van der Waals surface area contributed by atoms with E-state index in [0.29, 0.717) is 6.04 Å². The second-order valence-corrected chi connectivity index (χ2v) is 4.87. The van der Waals surface area contributed by atoms with Crippen molar-refractivity contribution in [3.63, 3.8) is 0 Å². The maximum absolute atomic E-state index is 11.8. The van der Waals surface area contributed by atoms with E-state index in [1.54, 1.807) is 12.1 Å². The molecule has 0 radical (unpaired) electrons. The fourth-order valence-electron chi connectivity index (χ4n) is 1.75. The Morgan fingerprint density at radius 2 is 2.11 bits per heavy atom. The fourth-order valence-corrected chi connectivity index (χ4v) is 1.75. The van der Waals surface area contributed by atoms with Gasteiger partial charge in [0.2, 0.25) is 5.91 Å². The normalized spacial score (nSPS) is 13.9. The van der Waals surface area contributed by atoms with Gasteiger partial charge in [0, 0.05) is 19.0 Å². The number of aryl methyl sites for hydroxylation is 1. The van der Waals surface area contributed by atoms with Gasteiger partial charge in [0.25, 0.3) is 5.91 Å². The molecule has 0 saturated heterocycles. The lowest BCUT2D eigenvalue weighted by Gasteiger charge is -2.07. The summed E-state index contributed by atoms with van der Waals surface area (Å²) in [5.74, 6) is -0.451. The minimum absolute atomic E-state index is 0.0417. The molecule has 5 heteroatoms. The summed E-state index contributed by atoms with van der Waals surface area (Å²) in [6, 6.07) is 5.21. The van der Waals surface area contributed by atoms with Crippen LogP contribution in [0, 0.1) is 6.92 Å². The molecular formula is C14H18N2O3. The summed E-state index contributed by atoms with van der Waals surface area (Å²) in [6.07, 6.45) is 2.36. The second kappa shape index (κ2) is 5.73. The Hall–Kier alpha value is -2.04.